The average Bonchev–Trinajstić information content (AvgIpc) is 2.38. The molecule has 0 amide bonds. The number of hydrogen-bond donors (Lipinski definition) is 2. The Morgan fingerprint density at radius 1 is 1.39 bits per heavy atom. The standard InChI is InChI=1S/C14H23NO3/c1-5-14(2,16)10-18-13-8-12(17-4)7-6-11(13)9-15-3/h6-8,15-16H,5,9-10H2,1-4H3. The third-order valence-corrected chi connectivity index (χ3v) is 2.94. The van der Waals surface area contributed by atoms with Crippen molar-refractivity contribution in [3.63, 3.8) is 0 Å². The Balaban J connectivity index is 2.83. The van der Waals surface area contributed by atoms with Crippen LogP contribution >= 0.6 is 0 Å². The second-order valence-corrected chi connectivity index (χ2v) is 4.64. The van der Waals surface area contributed by atoms with Crippen molar-refractivity contribution >= 4 is 0 Å². The molecule has 0 aliphatic heterocycles. The predicted molar refractivity (Wildman–Crippen MR) is 72.2 cm³/mol. The highest BCUT2D eigenvalue weighted by Gasteiger charge is 2.19. The molecule has 0 saturated carbocycles. The number of methoxy groups -OCH3 is 1. The van der Waals surface area contributed by atoms with E-state index in [9.17, 15) is 5.11 Å². The maximum atomic E-state index is 9.96. The van der Waals surface area contributed by atoms with Crippen molar-refractivity contribution in [3.05, 3.63) is 23.8 Å². The summed E-state index contributed by atoms with van der Waals surface area (Å²) in [6, 6.07) is 5.71. The Hall–Kier alpha value is -1.26. The molecule has 1 aromatic carbocycles. The Morgan fingerprint density at radius 2 is 2.11 bits per heavy atom. The molecule has 0 aromatic heterocycles. The zero-order chi connectivity index (χ0) is 13.6. The van der Waals surface area contributed by atoms with Crippen molar-refractivity contribution in [2.24, 2.45) is 0 Å². The van der Waals surface area contributed by atoms with Gasteiger partial charge in [-0.15, -0.1) is 0 Å². The number of ether oxygens (including phenoxy) is 2. The van der Waals surface area contributed by atoms with Crippen LogP contribution in [0, 0.1) is 0 Å². The molecule has 0 fully saturated rings. The van der Waals surface area contributed by atoms with Gasteiger partial charge in [0.1, 0.15) is 18.1 Å². The first-order valence-electron chi connectivity index (χ1n) is 6.19. The summed E-state index contributed by atoms with van der Waals surface area (Å²) in [4.78, 5) is 0. The van der Waals surface area contributed by atoms with Gasteiger partial charge in [0.15, 0.2) is 0 Å². The summed E-state index contributed by atoms with van der Waals surface area (Å²) in [7, 11) is 3.51. The predicted octanol–water partition coefficient (Wildman–Crippen LogP) is 1.95. The zero-order valence-electron chi connectivity index (χ0n) is 11.6. The van der Waals surface area contributed by atoms with Crippen LogP contribution in [0.25, 0.3) is 0 Å². The molecule has 0 saturated heterocycles. The second kappa shape index (κ2) is 6.61. The van der Waals surface area contributed by atoms with E-state index < -0.39 is 5.60 Å². The number of nitrogens with one attached hydrogen (secondary N) is 1. The molecule has 4 heteroatoms. The SMILES string of the molecule is CCC(C)(O)COc1cc(OC)ccc1CNC. The lowest BCUT2D eigenvalue weighted by Crippen LogP contribution is -2.31. The molecule has 0 radical (unpaired) electrons. The molecule has 102 valence electrons. The third-order valence-electron chi connectivity index (χ3n) is 2.94. The molecule has 0 spiro atoms. The first kappa shape index (κ1) is 14.8. The summed E-state index contributed by atoms with van der Waals surface area (Å²) >= 11 is 0. The Bertz CT molecular complexity index is 377. The van der Waals surface area contributed by atoms with Gasteiger partial charge in [-0.25, -0.2) is 0 Å². The molecule has 1 atom stereocenters. The van der Waals surface area contributed by atoms with Crippen molar-refractivity contribution in [1.29, 1.82) is 0 Å². The maximum absolute atomic E-state index is 9.96. The van der Waals surface area contributed by atoms with Crippen molar-refractivity contribution in [3.8, 4) is 11.5 Å². The van der Waals surface area contributed by atoms with E-state index in [1.807, 2.05) is 32.2 Å². The monoisotopic (exact) mass is 253 g/mol. The topological polar surface area (TPSA) is 50.7 Å². The smallest absolute Gasteiger partial charge is 0.127 e. The maximum Gasteiger partial charge on any atom is 0.127 e. The molecule has 0 heterocycles. The van der Waals surface area contributed by atoms with Crippen LogP contribution in [0.15, 0.2) is 18.2 Å². The molecule has 18 heavy (non-hydrogen) atoms. The van der Waals surface area contributed by atoms with E-state index in [4.69, 9.17) is 9.47 Å². The van der Waals surface area contributed by atoms with Gasteiger partial charge in [0.25, 0.3) is 0 Å². The number of rotatable bonds is 7. The lowest BCUT2D eigenvalue weighted by molar-refractivity contribution is 0.00810. The summed E-state index contributed by atoms with van der Waals surface area (Å²) in [5, 5.41) is 13.0. The summed E-state index contributed by atoms with van der Waals surface area (Å²) in [5.41, 5.74) is 0.241. The van der Waals surface area contributed by atoms with Gasteiger partial charge in [-0.05, 0) is 26.5 Å². The fourth-order valence-corrected chi connectivity index (χ4v) is 1.47. The number of hydrogen-bond acceptors (Lipinski definition) is 4. The van der Waals surface area contributed by atoms with Gasteiger partial charge in [0, 0.05) is 18.2 Å². The third kappa shape index (κ3) is 4.20. The van der Waals surface area contributed by atoms with E-state index in [1.165, 1.54) is 0 Å². The molecular formula is C14H23NO3. The largest absolute Gasteiger partial charge is 0.497 e. The average molecular weight is 253 g/mol. The van der Waals surface area contributed by atoms with E-state index in [2.05, 4.69) is 5.32 Å². The van der Waals surface area contributed by atoms with Crippen LogP contribution in [0.5, 0.6) is 11.5 Å². The highest BCUT2D eigenvalue weighted by atomic mass is 16.5. The first-order valence-corrected chi connectivity index (χ1v) is 6.19. The molecule has 1 aromatic rings. The van der Waals surface area contributed by atoms with E-state index in [0.29, 0.717) is 13.0 Å². The minimum absolute atomic E-state index is 0.271. The normalized spacial score (nSPS) is 14.1. The summed E-state index contributed by atoms with van der Waals surface area (Å²) < 4.78 is 10.9. The summed E-state index contributed by atoms with van der Waals surface area (Å²) in [5.74, 6) is 1.50. The van der Waals surface area contributed by atoms with Crippen molar-refractivity contribution < 1.29 is 14.6 Å². The van der Waals surface area contributed by atoms with E-state index in [-0.39, 0.29) is 6.61 Å². The highest BCUT2D eigenvalue weighted by Crippen LogP contribution is 2.26. The minimum Gasteiger partial charge on any atom is -0.497 e. The van der Waals surface area contributed by atoms with Gasteiger partial charge in [-0.1, -0.05) is 13.0 Å². The fourth-order valence-electron chi connectivity index (χ4n) is 1.47. The Morgan fingerprint density at radius 3 is 2.67 bits per heavy atom. The molecular weight excluding hydrogens is 230 g/mol. The molecule has 0 aliphatic rings. The highest BCUT2D eigenvalue weighted by molar-refractivity contribution is 5.40. The van der Waals surface area contributed by atoms with E-state index in [1.54, 1.807) is 14.0 Å². The lowest BCUT2D eigenvalue weighted by atomic mass is 10.1. The van der Waals surface area contributed by atoms with Gasteiger partial charge in [0.2, 0.25) is 0 Å². The molecule has 0 bridgehead atoms. The van der Waals surface area contributed by atoms with E-state index >= 15 is 0 Å². The minimum atomic E-state index is -0.806. The summed E-state index contributed by atoms with van der Waals surface area (Å²) in [6.07, 6.45) is 0.651. The van der Waals surface area contributed by atoms with Gasteiger partial charge >= 0.3 is 0 Å². The van der Waals surface area contributed by atoms with Gasteiger partial charge in [-0.3, -0.25) is 0 Å². The second-order valence-electron chi connectivity index (χ2n) is 4.64. The van der Waals surface area contributed by atoms with Crippen molar-refractivity contribution in [1.82, 2.24) is 5.32 Å². The molecule has 1 unspecified atom stereocenters. The lowest BCUT2D eigenvalue weighted by Gasteiger charge is -2.22. The van der Waals surface area contributed by atoms with Crippen molar-refractivity contribution in [2.75, 3.05) is 20.8 Å². The Kier molecular flexibility index (Phi) is 5.44. The quantitative estimate of drug-likeness (QED) is 0.780. The Labute approximate surface area is 109 Å². The number of aliphatic hydroxyl groups is 1. The van der Waals surface area contributed by atoms with Gasteiger partial charge < -0.3 is 19.9 Å². The summed E-state index contributed by atoms with van der Waals surface area (Å²) in [6.45, 7) is 4.69. The van der Waals surface area contributed by atoms with Gasteiger partial charge in [0.05, 0.1) is 12.7 Å². The molecule has 1 rings (SSSR count). The first-order chi connectivity index (χ1) is 8.52. The molecule has 2 N–H and O–H groups in total. The molecule has 0 aliphatic carbocycles. The van der Waals surface area contributed by atoms with Crippen LogP contribution in [-0.4, -0.2) is 31.5 Å². The van der Waals surface area contributed by atoms with E-state index in [0.717, 1.165) is 17.1 Å². The van der Waals surface area contributed by atoms with Crippen LogP contribution in [0.2, 0.25) is 0 Å². The number of benzene rings is 1. The zero-order valence-corrected chi connectivity index (χ0v) is 11.6. The fraction of sp³-hybridized carbons (Fsp3) is 0.571. The molecule has 4 nitrogen and oxygen atoms in total. The van der Waals surface area contributed by atoms with Gasteiger partial charge in [-0.2, -0.15) is 0 Å². The van der Waals surface area contributed by atoms with Crippen LogP contribution in [0.3, 0.4) is 0 Å². The van der Waals surface area contributed by atoms with Crippen LogP contribution in [-0.2, 0) is 6.54 Å². The van der Waals surface area contributed by atoms with Crippen LogP contribution in [0.4, 0.5) is 0 Å². The van der Waals surface area contributed by atoms with Crippen molar-refractivity contribution in [2.45, 2.75) is 32.4 Å². The van der Waals surface area contributed by atoms with Crippen LogP contribution < -0.4 is 14.8 Å². The van der Waals surface area contributed by atoms with Crippen LogP contribution in [0.1, 0.15) is 25.8 Å².